The van der Waals surface area contributed by atoms with Gasteiger partial charge in [0.1, 0.15) is 5.70 Å². The van der Waals surface area contributed by atoms with Gasteiger partial charge in [-0.15, -0.1) is 0 Å². The number of rotatable bonds is 4. The Morgan fingerprint density at radius 3 is 2.13 bits per heavy atom. The number of carbonyl (C=O) groups excluding carboxylic acids is 2. The van der Waals surface area contributed by atoms with Gasteiger partial charge in [-0.2, -0.15) is 0 Å². The highest BCUT2D eigenvalue weighted by atomic mass is 16.2. The predicted octanol–water partition coefficient (Wildman–Crippen LogP) is 3.53. The van der Waals surface area contributed by atoms with E-state index in [0.717, 1.165) is 24.2 Å². The molecular formula is C25H29N3O2. The minimum Gasteiger partial charge on any atom is -0.368 e. The molecule has 1 saturated heterocycles. The van der Waals surface area contributed by atoms with Gasteiger partial charge in [0, 0.05) is 38.4 Å². The summed E-state index contributed by atoms with van der Waals surface area (Å²) in [5, 5.41) is 0. The molecule has 1 fully saturated rings. The molecule has 0 unspecified atom stereocenters. The van der Waals surface area contributed by atoms with E-state index < -0.39 is 0 Å². The van der Waals surface area contributed by atoms with Crippen molar-refractivity contribution in [2.75, 3.05) is 37.6 Å². The second-order valence-corrected chi connectivity index (χ2v) is 8.19. The second-order valence-electron chi connectivity index (χ2n) is 8.19. The Kier molecular flexibility index (Phi) is 5.37. The van der Waals surface area contributed by atoms with Crippen molar-refractivity contribution < 1.29 is 9.59 Å². The lowest BCUT2D eigenvalue weighted by Gasteiger charge is -2.37. The molecule has 0 spiro atoms. The van der Waals surface area contributed by atoms with Crippen LogP contribution in [0.25, 0.3) is 5.57 Å². The van der Waals surface area contributed by atoms with Gasteiger partial charge in [0.05, 0.1) is 5.57 Å². The van der Waals surface area contributed by atoms with Crippen LogP contribution in [0.3, 0.4) is 0 Å². The maximum atomic E-state index is 13.2. The van der Waals surface area contributed by atoms with Gasteiger partial charge in [0.25, 0.3) is 11.8 Å². The van der Waals surface area contributed by atoms with Crippen LogP contribution in [0.1, 0.15) is 29.2 Å². The van der Waals surface area contributed by atoms with Crippen molar-refractivity contribution in [2.45, 2.75) is 27.7 Å². The molecule has 2 aromatic carbocycles. The quantitative estimate of drug-likeness (QED) is 0.733. The first-order valence-corrected chi connectivity index (χ1v) is 10.7. The SMILES string of the molecule is CCN1C(=O)C(c2ccc(C)c(C)c2)=C(N2CCN(c3cccc(C)c3)CC2)C1=O. The van der Waals surface area contributed by atoms with Crippen molar-refractivity contribution in [1.82, 2.24) is 9.80 Å². The van der Waals surface area contributed by atoms with Gasteiger partial charge in [0.15, 0.2) is 0 Å². The minimum absolute atomic E-state index is 0.167. The van der Waals surface area contributed by atoms with Crippen molar-refractivity contribution >= 4 is 23.1 Å². The van der Waals surface area contributed by atoms with Crippen LogP contribution in [-0.2, 0) is 9.59 Å². The van der Waals surface area contributed by atoms with Gasteiger partial charge in [-0.1, -0.05) is 30.3 Å². The number of hydrogen-bond acceptors (Lipinski definition) is 4. The first-order valence-electron chi connectivity index (χ1n) is 10.7. The number of hydrogen-bond donors (Lipinski definition) is 0. The molecule has 2 aliphatic rings. The molecule has 0 N–H and O–H groups in total. The molecule has 4 rings (SSSR count). The van der Waals surface area contributed by atoms with E-state index in [4.69, 9.17) is 0 Å². The fourth-order valence-electron chi connectivity index (χ4n) is 4.31. The molecule has 0 aromatic heterocycles. The summed E-state index contributed by atoms with van der Waals surface area (Å²) in [6, 6.07) is 14.5. The maximum absolute atomic E-state index is 13.2. The molecule has 2 amide bonds. The highest BCUT2D eigenvalue weighted by Gasteiger charge is 2.41. The summed E-state index contributed by atoms with van der Waals surface area (Å²) in [5.74, 6) is -0.346. The molecule has 156 valence electrons. The number of carbonyl (C=O) groups is 2. The van der Waals surface area contributed by atoms with Gasteiger partial charge in [-0.3, -0.25) is 14.5 Å². The number of benzene rings is 2. The molecular weight excluding hydrogens is 374 g/mol. The maximum Gasteiger partial charge on any atom is 0.277 e. The van der Waals surface area contributed by atoms with E-state index in [1.165, 1.54) is 21.7 Å². The van der Waals surface area contributed by atoms with Crippen LogP contribution in [0, 0.1) is 20.8 Å². The lowest BCUT2D eigenvalue weighted by molar-refractivity contribution is -0.137. The van der Waals surface area contributed by atoms with Crippen LogP contribution in [0.4, 0.5) is 5.69 Å². The zero-order valence-corrected chi connectivity index (χ0v) is 18.2. The lowest BCUT2D eigenvalue weighted by Crippen LogP contribution is -2.47. The van der Waals surface area contributed by atoms with Gasteiger partial charge in [-0.05, 0) is 62.1 Å². The Morgan fingerprint density at radius 2 is 1.50 bits per heavy atom. The van der Waals surface area contributed by atoms with Crippen LogP contribution >= 0.6 is 0 Å². The summed E-state index contributed by atoms with van der Waals surface area (Å²) in [6.45, 7) is 11.5. The van der Waals surface area contributed by atoms with E-state index in [9.17, 15) is 9.59 Å². The van der Waals surface area contributed by atoms with E-state index in [0.29, 0.717) is 30.9 Å². The number of amides is 2. The molecule has 2 aliphatic heterocycles. The summed E-state index contributed by atoms with van der Waals surface area (Å²) in [5.41, 5.74) is 6.70. The van der Waals surface area contributed by atoms with Crippen molar-refractivity contribution in [3.05, 3.63) is 70.4 Å². The van der Waals surface area contributed by atoms with Crippen molar-refractivity contribution in [1.29, 1.82) is 0 Å². The zero-order chi connectivity index (χ0) is 21.4. The van der Waals surface area contributed by atoms with Gasteiger partial charge >= 0.3 is 0 Å². The molecule has 0 radical (unpaired) electrons. The van der Waals surface area contributed by atoms with E-state index in [2.05, 4.69) is 47.9 Å². The molecule has 0 bridgehead atoms. The standard InChI is InChI=1S/C25H29N3O2/c1-5-28-24(29)22(20-10-9-18(3)19(4)16-20)23(25(28)30)27-13-11-26(12-14-27)21-8-6-7-17(2)15-21/h6-10,15-16H,5,11-14H2,1-4H3. The highest BCUT2D eigenvalue weighted by molar-refractivity contribution is 6.35. The van der Waals surface area contributed by atoms with E-state index >= 15 is 0 Å². The van der Waals surface area contributed by atoms with E-state index in [-0.39, 0.29) is 11.8 Å². The first-order chi connectivity index (χ1) is 14.4. The van der Waals surface area contributed by atoms with Gasteiger partial charge in [-0.25, -0.2) is 0 Å². The third kappa shape index (κ3) is 3.49. The highest BCUT2D eigenvalue weighted by Crippen LogP contribution is 2.33. The smallest absolute Gasteiger partial charge is 0.277 e. The number of aryl methyl sites for hydroxylation is 3. The average Bonchev–Trinajstić information content (AvgIpc) is 2.99. The Hall–Kier alpha value is -3.08. The molecule has 0 atom stereocenters. The van der Waals surface area contributed by atoms with Gasteiger partial charge in [0.2, 0.25) is 0 Å². The summed E-state index contributed by atoms with van der Waals surface area (Å²) in [4.78, 5) is 32.1. The normalized spacial score (nSPS) is 17.4. The second kappa shape index (κ2) is 7.98. The van der Waals surface area contributed by atoms with Crippen LogP contribution in [-0.4, -0.2) is 54.3 Å². The molecule has 0 aliphatic carbocycles. The molecule has 2 heterocycles. The van der Waals surface area contributed by atoms with Crippen LogP contribution in [0.5, 0.6) is 0 Å². The summed E-state index contributed by atoms with van der Waals surface area (Å²) in [7, 11) is 0. The Bertz CT molecular complexity index is 1030. The predicted molar refractivity (Wildman–Crippen MR) is 120 cm³/mol. The monoisotopic (exact) mass is 403 g/mol. The molecule has 5 heteroatoms. The van der Waals surface area contributed by atoms with E-state index in [1.807, 2.05) is 32.0 Å². The van der Waals surface area contributed by atoms with Crippen LogP contribution < -0.4 is 4.90 Å². The van der Waals surface area contributed by atoms with Crippen molar-refractivity contribution in [2.24, 2.45) is 0 Å². The number of anilines is 1. The Labute approximate surface area is 178 Å². The summed E-state index contributed by atoms with van der Waals surface area (Å²) >= 11 is 0. The average molecular weight is 404 g/mol. The van der Waals surface area contributed by atoms with Crippen LogP contribution in [0.2, 0.25) is 0 Å². The Morgan fingerprint density at radius 1 is 0.800 bits per heavy atom. The molecule has 5 nitrogen and oxygen atoms in total. The molecule has 0 saturated carbocycles. The van der Waals surface area contributed by atoms with Gasteiger partial charge < -0.3 is 9.80 Å². The first kappa shape index (κ1) is 20.2. The number of likely N-dealkylation sites (N-methyl/N-ethyl adjacent to an activating group) is 1. The molecule has 30 heavy (non-hydrogen) atoms. The summed E-state index contributed by atoms with van der Waals surface area (Å²) in [6.07, 6.45) is 0. The summed E-state index contributed by atoms with van der Waals surface area (Å²) < 4.78 is 0. The van der Waals surface area contributed by atoms with Crippen molar-refractivity contribution in [3.63, 3.8) is 0 Å². The fraction of sp³-hybridized carbons (Fsp3) is 0.360. The van der Waals surface area contributed by atoms with Crippen LogP contribution in [0.15, 0.2) is 48.2 Å². The Balaban J connectivity index is 1.65. The lowest BCUT2D eigenvalue weighted by atomic mass is 9.99. The number of imide groups is 1. The third-order valence-electron chi connectivity index (χ3n) is 6.22. The topological polar surface area (TPSA) is 43.9 Å². The van der Waals surface area contributed by atoms with Crippen molar-refractivity contribution in [3.8, 4) is 0 Å². The minimum atomic E-state index is -0.179. The fourth-order valence-corrected chi connectivity index (χ4v) is 4.31. The number of nitrogens with zero attached hydrogens (tertiary/aromatic N) is 3. The number of piperazine rings is 1. The third-order valence-corrected chi connectivity index (χ3v) is 6.22. The zero-order valence-electron chi connectivity index (χ0n) is 18.2. The largest absolute Gasteiger partial charge is 0.368 e. The van der Waals surface area contributed by atoms with E-state index in [1.54, 1.807) is 0 Å². The molecule has 2 aromatic rings.